The van der Waals surface area contributed by atoms with Gasteiger partial charge < -0.3 is 25.4 Å². The Balaban J connectivity index is 1.62. The zero-order valence-corrected chi connectivity index (χ0v) is 19.9. The Morgan fingerprint density at radius 1 is 1.12 bits per heavy atom. The van der Waals surface area contributed by atoms with Crippen molar-refractivity contribution in [1.29, 1.82) is 0 Å². The number of hydrogen-bond acceptors (Lipinski definition) is 4. The fourth-order valence-electron chi connectivity index (χ4n) is 4.17. The first-order valence-corrected chi connectivity index (χ1v) is 11.6. The normalized spacial score (nSPS) is 16.9. The Kier molecular flexibility index (Phi) is 8.94. The van der Waals surface area contributed by atoms with Crippen LogP contribution in [-0.2, 0) is 11.3 Å². The molecule has 0 saturated carbocycles. The summed E-state index contributed by atoms with van der Waals surface area (Å²) >= 11 is 0. The minimum Gasteiger partial charge on any atom is -0.494 e. The number of benzene rings is 2. The maximum absolute atomic E-state index is 5.82. The number of aryl methyl sites for hydroxylation is 1. The third-order valence-electron chi connectivity index (χ3n) is 6.06. The number of hydrogen-bond donors (Lipinski definition) is 3. The highest BCUT2D eigenvalue weighted by molar-refractivity contribution is 5.79. The van der Waals surface area contributed by atoms with Crippen LogP contribution in [-0.4, -0.2) is 44.9 Å². The van der Waals surface area contributed by atoms with Crippen LogP contribution in [0.15, 0.2) is 53.5 Å². The molecule has 1 aliphatic heterocycles. The molecule has 0 amide bonds. The van der Waals surface area contributed by atoms with E-state index in [1.807, 2.05) is 14.0 Å². The van der Waals surface area contributed by atoms with Crippen LogP contribution in [0.1, 0.15) is 49.4 Å². The fraction of sp³-hybridized carbons (Fsp3) is 0.500. The molecule has 1 fully saturated rings. The minimum atomic E-state index is -0.0501. The number of nitrogens with one attached hydrogen (secondary N) is 3. The van der Waals surface area contributed by atoms with E-state index in [1.165, 1.54) is 11.1 Å². The summed E-state index contributed by atoms with van der Waals surface area (Å²) in [4.78, 5) is 4.44. The Morgan fingerprint density at radius 2 is 1.88 bits per heavy atom. The Bertz CT molecular complexity index is 863. The van der Waals surface area contributed by atoms with Crippen molar-refractivity contribution in [3.05, 3.63) is 65.2 Å². The predicted molar refractivity (Wildman–Crippen MR) is 131 cm³/mol. The maximum Gasteiger partial charge on any atom is 0.191 e. The third kappa shape index (κ3) is 6.71. The van der Waals surface area contributed by atoms with E-state index in [9.17, 15) is 0 Å². The Labute approximate surface area is 192 Å². The van der Waals surface area contributed by atoms with Crippen molar-refractivity contribution < 1.29 is 9.47 Å². The van der Waals surface area contributed by atoms with E-state index < -0.39 is 0 Å². The summed E-state index contributed by atoms with van der Waals surface area (Å²) in [5.74, 6) is 1.71. The molecule has 1 saturated heterocycles. The fourth-order valence-corrected chi connectivity index (χ4v) is 4.17. The largest absolute Gasteiger partial charge is 0.494 e. The molecule has 0 bridgehead atoms. The van der Waals surface area contributed by atoms with Crippen molar-refractivity contribution >= 4 is 5.96 Å². The van der Waals surface area contributed by atoms with Crippen LogP contribution >= 0.6 is 0 Å². The zero-order chi connectivity index (χ0) is 22.8. The first kappa shape index (κ1) is 24.1. The van der Waals surface area contributed by atoms with Crippen LogP contribution in [0.4, 0.5) is 0 Å². The summed E-state index contributed by atoms with van der Waals surface area (Å²) in [5.41, 5.74) is 3.56. The molecule has 32 heavy (non-hydrogen) atoms. The Morgan fingerprint density at radius 3 is 2.56 bits per heavy atom. The van der Waals surface area contributed by atoms with Crippen LogP contribution in [0.3, 0.4) is 0 Å². The van der Waals surface area contributed by atoms with Crippen molar-refractivity contribution in [3.8, 4) is 5.75 Å². The van der Waals surface area contributed by atoms with Crippen molar-refractivity contribution in [1.82, 2.24) is 16.0 Å². The smallest absolute Gasteiger partial charge is 0.191 e. The van der Waals surface area contributed by atoms with Gasteiger partial charge in [0.05, 0.1) is 6.61 Å². The second-order valence-electron chi connectivity index (χ2n) is 8.49. The lowest BCUT2D eigenvalue weighted by Crippen LogP contribution is -2.58. The lowest BCUT2D eigenvalue weighted by Gasteiger charge is -2.41. The number of rotatable bonds is 9. The van der Waals surface area contributed by atoms with Gasteiger partial charge in [0, 0.05) is 50.5 Å². The standard InChI is InChI=1S/C26H38N4O2/c1-5-32-24-17-20(2)11-12-23(24)18-28-25(27-4)29-19-26(13-15-31-16-14-26)30-21(3)22-9-7-6-8-10-22/h6-12,17,21,30H,5,13-16,18-19H2,1-4H3,(H2,27,28,29). The molecule has 1 heterocycles. The van der Waals surface area contributed by atoms with Gasteiger partial charge in [0.2, 0.25) is 0 Å². The van der Waals surface area contributed by atoms with Crippen molar-refractivity contribution in [3.63, 3.8) is 0 Å². The average molecular weight is 439 g/mol. The summed E-state index contributed by atoms with van der Waals surface area (Å²) in [6, 6.07) is 17.2. The summed E-state index contributed by atoms with van der Waals surface area (Å²) in [7, 11) is 1.81. The van der Waals surface area contributed by atoms with Gasteiger partial charge in [-0.2, -0.15) is 0 Å². The number of aliphatic imine (C=N–C) groups is 1. The van der Waals surface area contributed by atoms with Crippen LogP contribution in [0, 0.1) is 6.92 Å². The van der Waals surface area contributed by atoms with Crippen LogP contribution in [0.25, 0.3) is 0 Å². The molecule has 0 aliphatic carbocycles. The quantitative estimate of drug-likeness (QED) is 0.409. The van der Waals surface area contributed by atoms with E-state index in [0.717, 1.165) is 49.9 Å². The topological polar surface area (TPSA) is 66.9 Å². The van der Waals surface area contributed by atoms with Crippen molar-refractivity contribution in [2.75, 3.05) is 33.4 Å². The first-order valence-electron chi connectivity index (χ1n) is 11.6. The van der Waals surface area contributed by atoms with Crippen molar-refractivity contribution in [2.24, 2.45) is 4.99 Å². The monoisotopic (exact) mass is 438 g/mol. The second-order valence-corrected chi connectivity index (χ2v) is 8.49. The van der Waals surface area contributed by atoms with Crippen LogP contribution in [0.5, 0.6) is 5.75 Å². The minimum absolute atomic E-state index is 0.0501. The molecule has 2 aromatic carbocycles. The molecule has 1 unspecified atom stereocenters. The van der Waals surface area contributed by atoms with E-state index in [0.29, 0.717) is 13.2 Å². The molecule has 6 nitrogen and oxygen atoms in total. The summed E-state index contributed by atoms with van der Waals surface area (Å²) in [6.07, 6.45) is 1.92. The van der Waals surface area contributed by atoms with Gasteiger partial charge in [-0.25, -0.2) is 0 Å². The summed E-state index contributed by atoms with van der Waals surface area (Å²) in [6.45, 7) is 9.94. The molecule has 6 heteroatoms. The van der Waals surface area contributed by atoms with E-state index >= 15 is 0 Å². The van der Waals surface area contributed by atoms with E-state index in [1.54, 1.807) is 0 Å². The van der Waals surface area contributed by atoms with Gasteiger partial charge in [0.1, 0.15) is 5.75 Å². The molecule has 0 spiro atoms. The molecule has 0 radical (unpaired) electrons. The lowest BCUT2D eigenvalue weighted by molar-refractivity contribution is 0.0355. The first-order chi connectivity index (χ1) is 15.5. The van der Waals surface area contributed by atoms with E-state index in [4.69, 9.17) is 9.47 Å². The highest BCUT2D eigenvalue weighted by atomic mass is 16.5. The van der Waals surface area contributed by atoms with Crippen LogP contribution < -0.4 is 20.7 Å². The second kappa shape index (κ2) is 11.9. The molecule has 3 N–H and O–H groups in total. The van der Waals surface area contributed by atoms with Crippen molar-refractivity contribution in [2.45, 2.75) is 51.7 Å². The predicted octanol–water partition coefficient (Wildman–Crippen LogP) is 3.96. The van der Waals surface area contributed by atoms with Gasteiger partial charge in [-0.15, -0.1) is 0 Å². The maximum atomic E-state index is 5.82. The van der Waals surface area contributed by atoms with E-state index in [-0.39, 0.29) is 11.6 Å². The summed E-state index contributed by atoms with van der Waals surface area (Å²) < 4.78 is 11.5. The summed E-state index contributed by atoms with van der Waals surface area (Å²) in [5, 5.41) is 10.9. The number of guanidine groups is 1. The van der Waals surface area contributed by atoms with Gasteiger partial charge >= 0.3 is 0 Å². The molecular formula is C26H38N4O2. The molecule has 0 aromatic heterocycles. The molecule has 3 rings (SSSR count). The average Bonchev–Trinajstić information content (AvgIpc) is 2.81. The SMILES string of the molecule is CCOc1cc(C)ccc1CNC(=NC)NCC1(NC(C)c2ccccc2)CCOCC1. The Hall–Kier alpha value is -2.57. The van der Waals surface area contributed by atoms with Crippen LogP contribution in [0.2, 0.25) is 0 Å². The van der Waals surface area contributed by atoms with Gasteiger partial charge in [-0.3, -0.25) is 4.99 Å². The highest BCUT2D eigenvalue weighted by Gasteiger charge is 2.34. The molecular weight excluding hydrogens is 400 g/mol. The molecule has 1 atom stereocenters. The lowest BCUT2D eigenvalue weighted by atomic mass is 9.88. The van der Waals surface area contributed by atoms with Gasteiger partial charge in [-0.1, -0.05) is 42.5 Å². The highest BCUT2D eigenvalue weighted by Crippen LogP contribution is 2.25. The van der Waals surface area contributed by atoms with Gasteiger partial charge in [-0.05, 0) is 50.8 Å². The molecule has 1 aliphatic rings. The number of ether oxygens (including phenoxy) is 2. The van der Waals surface area contributed by atoms with Gasteiger partial charge in [0.15, 0.2) is 5.96 Å². The van der Waals surface area contributed by atoms with Gasteiger partial charge in [0.25, 0.3) is 0 Å². The van der Waals surface area contributed by atoms with E-state index in [2.05, 4.69) is 83.3 Å². The molecule has 174 valence electrons. The number of nitrogens with zero attached hydrogens (tertiary/aromatic N) is 1. The zero-order valence-electron chi connectivity index (χ0n) is 19.9. The molecule has 2 aromatic rings. The third-order valence-corrected chi connectivity index (χ3v) is 6.06.